The number of rotatable bonds is 9. The van der Waals surface area contributed by atoms with Crippen LogP contribution in [-0.4, -0.2) is 30.3 Å². The minimum absolute atomic E-state index is 0.108. The Bertz CT molecular complexity index is 1480. The predicted octanol–water partition coefficient (Wildman–Crippen LogP) is 6.29. The average Bonchev–Trinajstić information content (AvgIpc) is 3.13. The lowest BCUT2D eigenvalue weighted by atomic mass is 10.1. The Balaban J connectivity index is 1.47. The fraction of sp³-hybridized carbons (Fsp3) is 0.172. The molecule has 0 aliphatic carbocycles. The summed E-state index contributed by atoms with van der Waals surface area (Å²) in [6.45, 7) is 4.15. The van der Waals surface area contributed by atoms with Crippen molar-refractivity contribution in [2.24, 2.45) is 0 Å². The SMILES string of the molecule is CCCCOC(=O)c1ccc(NC(=O)c2ccc(C)c(NC3=C(Cl)C(=O)N(c4cccc(Cl)c4)C3=O)c2)cc1. The summed E-state index contributed by atoms with van der Waals surface area (Å²) in [5, 5.41) is 5.79. The third-order valence-corrected chi connectivity index (χ3v) is 6.55. The predicted molar refractivity (Wildman–Crippen MR) is 151 cm³/mol. The second-order valence-electron chi connectivity index (χ2n) is 8.79. The molecule has 0 atom stereocenters. The quantitative estimate of drug-likeness (QED) is 0.179. The van der Waals surface area contributed by atoms with Crippen LogP contribution in [0.2, 0.25) is 5.02 Å². The fourth-order valence-corrected chi connectivity index (χ4v) is 4.18. The highest BCUT2D eigenvalue weighted by molar-refractivity contribution is 6.53. The molecule has 1 aliphatic heterocycles. The van der Waals surface area contributed by atoms with Gasteiger partial charge in [-0.25, -0.2) is 9.69 Å². The molecule has 3 aromatic rings. The summed E-state index contributed by atoms with van der Waals surface area (Å²) in [5.41, 5.74) is 2.50. The van der Waals surface area contributed by atoms with E-state index in [9.17, 15) is 19.2 Å². The molecule has 1 aliphatic rings. The van der Waals surface area contributed by atoms with Crippen molar-refractivity contribution in [3.05, 3.63) is 99.2 Å². The molecule has 2 N–H and O–H groups in total. The van der Waals surface area contributed by atoms with Crippen LogP contribution < -0.4 is 15.5 Å². The molecule has 3 aromatic carbocycles. The van der Waals surface area contributed by atoms with E-state index in [-0.39, 0.29) is 16.4 Å². The Labute approximate surface area is 235 Å². The van der Waals surface area contributed by atoms with Crippen molar-refractivity contribution < 1.29 is 23.9 Å². The van der Waals surface area contributed by atoms with E-state index in [1.807, 2.05) is 6.92 Å². The van der Waals surface area contributed by atoms with Gasteiger partial charge >= 0.3 is 5.97 Å². The summed E-state index contributed by atoms with van der Waals surface area (Å²) in [6.07, 6.45) is 1.72. The lowest BCUT2D eigenvalue weighted by molar-refractivity contribution is -0.120. The number of benzene rings is 3. The van der Waals surface area contributed by atoms with Gasteiger partial charge in [-0.2, -0.15) is 0 Å². The third-order valence-electron chi connectivity index (χ3n) is 5.96. The first-order valence-corrected chi connectivity index (χ1v) is 13.0. The highest BCUT2D eigenvalue weighted by Gasteiger charge is 2.39. The first-order chi connectivity index (χ1) is 18.7. The zero-order valence-corrected chi connectivity index (χ0v) is 22.7. The molecular weight excluding hydrogens is 541 g/mol. The van der Waals surface area contributed by atoms with Crippen LogP contribution in [0.5, 0.6) is 0 Å². The number of unbranched alkanes of at least 4 members (excludes halogenated alkanes) is 1. The van der Waals surface area contributed by atoms with Gasteiger partial charge < -0.3 is 15.4 Å². The molecule has 0 saturated heterocycles. The molecule has 0 saturated carbocycles. The van der Waals surface area contributed by atoms with Crippen molar-refractivity contribution in [3.8, 4) is 0 Å². The van der Waals surface area contributed by atoms with Crippen molar-refractivity contribution in [1.82, 2.24) is 0 Å². The van der Waals surface area contributed by atoms with Crippen LogP contribution in [0.4, 0.5) is 17.1 Å². The molecule has 39 heavy (non-hydrogen) atoms. The van der Waals surface area contributed by atoms with Crippen molar-refractivity contribution in [2.45, 2.75) is 26.7 Å². The lowest BCUT2D eigenvalue weighted by Gasteiger charge is -2.16. The summed E-state index contributed by atoms with van der Waals surface area (Å²) in [6, 6.07) is 17.6. The number of hydrogen-bond donors (Lipinski definition) is 2. The molecular formula is C29H25Cl2N3O5. The molecule has 4 rings (SSSR count). The number of halogens is 2. The van der Waals surface area contributed by atoms with E-state index in [1.54, 1.807) is 67.6 Å². The van der Waals surface area contributed by atoms with E-state index in [0.29, 0.717) is 34.1 Å². The molecule has 0 aromatic heterocycles. The molecule has 200 valence electrons. The van der Waals surface area contributed by atoms with Gasteiger partial charge in [0, 0.05) is 22.0 Å². The van der Waals surface area contributed by atoms with E-state index in [0.717, 1.165) is 23.3 Å². The van der Waals surface area contributed by atoms with Crippen molar-refractivity contribution in [2.75, 3.05) is 22.1 Å². The number of ether oxygens (including phenoxy) is 1. The first-order valence-electron chi connectivity index (χ1n) is 12.2. The number of esters is 1. The van der Waals surface area contributed by atoms with E-state index in [1.165, 1.54) is 6.07 Å². The number of nitrogens with zero attached hydrogens (tertiary/aromatic N) is 1. The Kier molecular flexibility index (Phi) is 8.69. The van der Waals surface area contributed by atoms with Crippen LogP contribution in [0.15, 0.2) is 77.5 Å². The van der Waals surface area contributed by atoms with Gasteiger partial charge in [0.2, 0.25) is 0 Å². The maximum atomic E-state index is 13.1. The Morgan fingerprint density at radius 1 is 0.923 bits per heavy atom. The fourth-order valence-electron chi connectivity index (χ4n) is 3.78. The number of carbonyl (C=O) groups excluding carboxylic acids is 4. The topological polar surface area (TPSA) is 105 Å². The molecule has 0 spiro atoms. The number of carbonyl (C=O) groups is 4. The maximum Gasteiger partial charge on any atom is 0.338 e. The van der Waals surface area contributed by atoms with Gasteiger partial charge in [-0.3, -0.25) is 14.4 Å². The van der Waals surface area contributed by atoms with E-state index in [2.05, 4.69) is 10.6 Å². The monoisotopic (exact) mass is 565 g/mol. The Hall–Kier alpha value is -4.14. The van der Waals surface area contributed by atoms with Gasteiger partial charge in [-0.15, -0.1) is 0 Å². The smallest absolute Gasteiger partial charge is 0.338 e. The van der Waals surface area contributed by atoms with Gasteiger partial charge in [0.25, 0.3) is 17.7 Å². The minimum atomic E-state index is -0.685. The normalized spacial score (nSPS) is 13.1. The van der Waals surface area contributed by atoms with Crippen molar-refractivity contribution in [1.29, 1.82) is 0 Å². The molecule has 0 fully saturated rings. The molecule has 0 radical (unpaired) electrons. The van der Waals surface area contributed by atoms with Gasteiger partial charge in [-0.05, 0) is 73.5 Å². The number of aryl methyl sites for hydroxylation is 1. The lowest BCUT2D eigenvalue weighted by Crippen LogP contribution is -2.32. The highest BCUT2D eigenvalue weighted by Crippen LogP contribution is 2.32. The summed E-state index contributed by atoms with van der Waals surface area (Å²) in [4.78, 5) is 51.8. The summed E-state index contributed by atoms with van der Waals surface area (Å²) in [5.74, 6) is -2.16. The summed E-state index contributed by atoms with van der Waals surface area (Å²) in [7, 11) is 0. The van der Waals surface area contributed by atoms with Crippen LogP contribution in [0.1, 0.15) is 46.0 Å². The van der Waals surface area contributed by atoms with Crippen LogP contribution >= 0.6 is 23.2 Å². The second-order valence-corrected chi connectivity index (χ2v) is 9.60. The van der Waals surface area contributed by atoms with Crippen molar-refractivity contribution in [3.63, 3.8) is 0 Å². The minimum Gasteiger partial charge on any atom is -0.462 e. The third kappa shape index (κ3) is 6.30. The molecule has 0 bridgehead atoms. The molecule has 8 nitrogen and oxygen atoms in total. The Morgan fingerprint density at radius 2 is 1.64 bits per heavy atom. The zero-order valence-electron chi connectivity index (χ0n) is 21.2. The van der Waals surface area contributed by atoms with Crippen LogP contribution in [-0.2, 0) is 14.3 Å². The van der Waals surface area contributed by atoms with Crippen molar-refractivity contribution >= 4 is 64.0 Å². The van der Waals surface area contributed by atoms with E-state index in [4.69, 9.17) is 27.9 Å². The van der Waals surface area contributed by atoms with Gasteiger partial charge in [0.1, 0.15) is 10.7 Å². The zero-order chi connectivity index (χ0) is 28.1. The highest BCUT2D eigenvalue weighted by atomic mass is 35.5. The average molecular weight is 566 g/mol. The van der Waals surface area contributed by atoms with Gasteiger partial charge in [0.15, 0.2) is 0 Å². The molecule has 3 amide bonds. The summed E-state index contributed by atoms with van der Waals surface area (Å²) >= 11 is 12.3. The number of amides is 3. The second kappa shape index (κ2) is 12.1. The first kappa shape index (κ1) is 27.9. The molecule has 1 heterocycles. The van der Waals surface area contributed by atoms with Crippen LogP contribution in [0.3, 0.4) is 0 Å². The standard InChI is InChI=1S/C29H25Cl2N3O5/c1-3-4-14-39-29(38)18-10-12-21(13-11-18)32-26(35)19-9-8-17(2)23(15-19)33-25-24(31)27(36)34(28(25)37)22-7-5-6-20(30)16-22/h5-13,15-16,33H,3-4,14H2,1-2H3,(H,32,35). The van der Waals surface area contributed by atoms with Crippen LogP contribution in [0.25, 0.3) is 0 Å². The number of anilines is 3. The molecule has 10 heteroatoms. The largest absolute Gasteiger partial charge is 0.462 e. The van der Waals surface area contributed by atoms with Gasteiger partial charge in [0.05, 0.1) is 17.9 Å². The Morgan fingerprint density at radius 3 is 2.33 bits per heavy atom. The summed E-state index contributed by atoms with van der Waals surface area (Å²) < 4.78 is 5.20. The van der Waals surface area contributed by atoms with Gasteiger partial charge in [-0.1, -0.05) is 48.7 Å². The van der Waals surface area contributed by atoms with Crippen LogP contribution in [0, 0.1) is 6.92 Å². The number of nitrogens with one attached hydrogen (secondary N) is 2. The van der Waals surface area contributed by atoms with E-state index >= 15 is 0 Å². The number of hydrogen-bond acceptors (Lipinski definition) is 6. The molecule has 0 unspecified atom stereocenters. The number of imide groups is 1. The maximum absolute atomic E-state index is 13.1. The van der Waals surface area contributed by atoms with E-state index < -0.39 is 23.7 Å².